The first-order chi connectivity index (χ1) is 19.8. The molecule has 0 radical (unpaired) electrons. The molecule has 0 aliphatic heterocycles. The largest absolute Gasteiger partial charge is 0.480 e. The van der Waals surface area contributed by atoms with Gasteiger partial charge in [-0.15, -0.1) is 0 Å². The molecule has 0 spiro atoms. The fourth-order valence-corrected chi connectivity index (χ4v) is 4.62. The molecule has 41 heavy (non-hydrogen) atoms. The van der Waals surface area contributed by atoms with Gasteiger partial charge in [0.05, 0.1) is 31.6 Å². The van der Waals surface area contributed by atoms with Crippen molar-refractivity contribution in [1.82, 2.24) is 34.3 Å². The zero-order valence-electron chi connectivity index (χ0n) is 22.1. The van der Waals surface area contributed by atoms with Gasteiger partial charge in [-0.05, 0) is 43.5 Å². The topological polar surface area (TPSA) is 110 Å². The first kappa shape index (κ1) is 26.4. The van der Waals surface area contributed by atoms with E-state index in [4.69, 9.17) is 14.5 Å². The monoisotopic (exact) mass is 563 g/mol. The van der Waals surface area contributed by atoms with Gasteiger partial charge in [-0.25, -0.2) is 24.6 Å². The quantitative estimate of drug-likeness (QED) is 0.265. The van der Waals surface area contributed by atoms with Crippen LogP contribution in [0.2, 0.25) is 0 Å². The Kier molecular flexibility index (Phi) is 6.64. The van der Waals surface area contributed by atoms with Crippen LogP contribution in [0.4, 0.5) is 13.2 Å². The maximum absolute atomic E-state index is 13.3. The van der Waals surface area contributed by atoms with E-state index < -0.39 is 11.9 Å². The molecule has 1 fully saturated rings. The second-order valence-electron chi connectivity index (χ2n) is 9.52. The average Bonchev–Trinajstić information content (AvgIpc) is 3.73. The van der Waals surface area contributed by atoms with Crippen LogP contribution in [0, 0.1) is 0 Å². The van der Waals surface area contributed by atoms with E-state index >= 15 is 0 Å². The highest BCUT2D eigenvalue weighted by atomic mass is 19.4. The third kappa shape index (κ3) is 5.10. The predicted molar refractivity (Wildman–Crippen MR) is 142 cm³/mol. The molecular formula is C28H24F3N7O3. The summed E-state index contributed by atoms with van der Waals surface area (Å²) in [6, 6.07) is 10.6. The molecule has 0 saturated heterocycles. The number of pyridine rings is 1. The normalized spacial score (nSPS) is 13.5. The molecule has 1 aliphatic rings. The van der Waals surface area contributed by atoms with Crippen molar-refractivity contribution in [2.45, 2.75) is 38.4 Å². The number of halogens is 3. The summed E-state index contributed by atoms with van der Waals surface area (Å²) < 4.78 is 53.3. The number of benzene rings is 1. The minimum Gasteiger partial charge on any atom is -0.480 e. The van der Waals surface area contributed by atoms with Gasteiger partial charge >= 0.3 is 6.18 Å². The van der Waals surface area contributed by atoms with Gasteiger partial charge in [-0.2, -0.15) is 18.3 Å². The Morgan fingerprint density at radius 2 is 1.83 bits per heavy atom. The molecule has 0 atom stereocenters. The number of hydrogen-bond acceptors (Lipinski definition) is 8. The van der Waals surface area contributed by atoms with Crippen LogP contribution < -0.4 is 15.0 Å². The van der Waals surface area contributed by atoms with Crippen LogP contribution in [0.1, 0.15) is 42.6 Å². The Bertz CT molecular complexity index is 1800. The second kappa shape index (κ2) is 10.3. The third-order valence-corrected chi connectivity index (χ3v) is 6.73. The number of ether oxygens (including phenoxy) is 2. The lowest BCUT2D eigenvalue weighted by molar-refractivity contribution is -0.141. The van der Waals surface area contributed by atoms with Gasteiger partial charge in [0.25, 0.3) is 5.56 Å². The zero-order valence-corrected chi connectivity index (χ0v) is 22.1. The van der Waals surface area contributed by atoms with E-state index in [0.29, 0.717) is 34.0 Å². The number of aromatic nitrogens is 7. The number of hydrogen-bond donors (Lipinski definition) is 0. The van der Waals surface area contributed by atoms with Crippen LogP contribution in [-0.2, 0) is 12.7 Å². The molecule has 1 saturated carbocycles. The Morgan fingerprint density at radius 1 is 1.05 bits per heavy atom. The number of alkyl halides is 3. The average molecular weight is 564 g/mol. The molecule has 0 bridgehead atoms. The molecule has 4 aromatic heterocycles. The van der Waals surface area contributed by atoms with E-state index in [2.05, 4.69) is 20.1 Å². The zero-order chi connectivity index (χ0) is 28.7. The van der Waals surface area contributed by atoms with E-state index in [1.807, 2.05) is 0 Å². The molecule has 6 rings (SSSR count). The van der Waals surface area contributed by atoms with Gasteiger partial charge in [0.2, 0.25) is 11.8 Å². The van der Waals surface area contributed by atoms with Crippen molar-refractivity contribution in [2.75, 3.05) is 13.7 Å². The maximum atomic E-state index is 13.3. The Hall–Kier alpha value is -4.81. The summed E-state index contributed by atoms with van der Waals surface area (Å²) in [5.74, 6) is 0.977. The first-order valence-corrected chi connectivity index (χ1v) is 12.9. The van der Waals surface area contributed by atoms with Crippen molar-refractivity contribution in [3.05, 3.63) is 82.3 Å². The summed E-state index contributed by atoms with van der Waals surface area (Å²) >= 11 is 0. The summed E-state index contributed by atoms with van der Waals surface area (Å²) in [7, 11) is 1.52. The minimum absolute atomic E-state index is 0.0204. The summed E-state index contributed by atoms with van der Waals surface area (Å²) in [6.45, 7) is 2.02. The smallest absolute Gasteiger partial charge is 0.435 e. The van der Waals surface area contributed by atoms with Crippen molar-refractivity contribution in [3.8, 4) is 28.8 Å². The van der Waals surface area contributed by atoms with Crippen LogP contribution in [0.25, 0.3) is 28.1 Å². The molecule has 10 nitrogen and oxygen atoms in total. The van der Waals surface area contributed by atoms with Crippen LogP contribution in [0.3, 0.4) is 0 Å². The lowest BCUT2D eigenvalue weighted by atomic mass is 10.1. The van der Waals surface area contributed by atoms with Gasteiger partial charge in [0.15, 0.2) is 11.5 Å². The van der Waals surface area contributed by atoms with Crippen molar-refractivity contribution in [2.24, 2.45) is 0 Å². The first-order valence-electron chi connectivity index (χ1n) is 12.9. The highest BCUT2D eigenvalue weighted by molar-refractivity contribution is 5.78. The number of nitrogens with zero attached hydrogens (tertiary/aromatic N) is 7. The molecule has 4 heterocycles. The standard InChI is InChI=1S/C28H24F3N7O3/c1-3-41-22-12-20(28(29,30)31)36-38(22)19-9-4-16(5-10-19)14-37-21(39)11-8-18-13-32-25(35-26(18)37)23-24(17-6-7-17)33-15-34-27(23)40-2/h4-5,8-13,15,17H,3,6-7,14H2,1-2H3. The molecule has 1 aromatic carbocycles. The van der Waals surface area contributed by atoms with Gasteiger partial charge < -0.3 is 9.47 Å². The Labute approximate surface area is 231 Å². The molecular weight excluding hydrogens is 539 g/mol. The van der Waals surface area contributed by atoms with E-state index in [1.165, 1.54) is 24.1 Å². The van der Waals surface area contributed by atoms with Crippen molar-refractivity contribution in [1.29, 1.82) is 0 Å². The van der Waals surface area contributed by atoms with Gasteiger partial charge in [0, 0.05) is 29.6 Å². The van der Waals surface area contributed by atoms with Crippen LogP contribution in [0.5, 0.6) is 11.8 Å². The van der Waals surface area contributed by atoms with E-state index in [-0.39, 0.29) is 30.5 Å². The molecule has 210 valence electrons. The number of fused-ring (bicyclic) bond motifs is 1. The Balaban J connectivity index is 1.37. The predicted octanol–water partition coefficient (Wildman–Crippen LogP) is 4.79. The fraction of sp³-hybridized carbons (Fsp3) is 0.286. The second-order valence-corrected chi connectivity index (χ2v) is 9.52. The SMILES string of the molecule is CCOc1cc(C(F)(F)F)nn1-c1ccc(Cn2c(=O)ccc3cnc(-c4c(OC)ncnc4C4CC4)nc32)cc1. The highest BCUT2D eigenvalue weighted by Gasteiger charge is 2.35. The number of rotatable bonds is 8. The lowest BCUT2D eigenvalue weighted by Crippen LogP contribution is -2.21. The van der Waals surface area contributed by atoms with Crippen LogP contribution >= 0.6 is 0 Å². The van der Waals surface area contributed by atoms with E-state index in [9.17, 15) is 18.0 Å². The van der Waals surface area contributed by atoms with Crippen molar-refractivity contribution >= 4 is 11.0 Å². The molecule has 0 N–H and O–H groups in total. The number of methoxy groups -OCH3 is 1. The molecule has 1 aliphatic carbocycles. The van der Waals surface area contributed by atoms with Gasteiger partial charge in [0.1, 0.15) is 17.5 Å². The molecule has 0 unspecified atom stereocenters. The van der Waals surface area contributed by atoms with Crippen LogP contribution in [0.15, 0.2) is 59.8 Å². The van der Waals surface area contributed by atoms with Gasteiger partial charge in [-0.3, -0.25) is 9.36 Å². The van der Waals surface area contributed by atoms with Crippen molar-refractivity contribution < 1.29 is 22.6 Å². The van der Waals surface area contributed by atoms with Gasteiger partial charge in [-0.1, -0.05) is 12.1 Å². The Morgan fingerprint density at radius 3 is 2.51 bits per heavy atom. The fourth-order valence-electron chi connectivity index (χ4n) is 4.62. The van der Waals surface area contributed by atoms with E-state index in [1.54, 1.807) is 43.5 Å². The molecule has 0 amide bonds. The minimum atomic E-state index is -4.61. The summed E-state index contributed by atoms with van der Waals surface area (Å²) in [5, 5.41) is 4.35. The molecule has 5 aromatic rings. The summed E-state index contributed by atoms with van der Waals surface area (Å²) in [5.41, 5.74) is 1.62. The van der Waals surface area contributed by atoms with E-state index in [0.717, 1.165) is 34.8 Å². The maximum Gasteiger partial charge on any atom is 0.435 e. The lowest BCUT2D eigenvalue weighted by Gasteiger charge is -2.13. The summed E-state index contributed by atoms with van der Waals surface area (Å²) in [6.07, 6.45) is 0.502. The van der Waals surface area contributed by atoms with Crippen molar-refractivity contribution in [3.63, 3.8) is 0 Å². The van der Waals surface area contributed by atoms with Crippen LogP contribution in [-0.4, -0.2) is 48.0 Å². The highest BCUT2D eigenvalue weighted by Crippen LogP contribution is 2.44. The third-order valence-electron chi connectivity index (χ3n) is 6.73. The summed E-state index contributed by atoms with van der Waals surface area (Å²) in [4.78, 5) is 31.0. The molecule has 13 heteroatoms.